The van der Waals surface area contributed by atoms with Crippen molar-refractivity contribution in [1.82, 2.24) is 51.8 Å². The molecule has 3 aliphatic rings. The van der Waals surface area contributed by atoms with Gasteiger partial charge < -0.3 is 56.1 Å². The molecule has 0 saturated carbocycles. The number of hydrogen-bond donors (Lipinski definition) is 8. The number of nitriles is 2. The van der Waals surface area contributed by atoms with Crippen LogP contribution < -0.4 is 41.4 Å². The van der Waals surface area contributed by atoms with Crippen LogP contribution in [0.3, 0.4) is 0 Å². The largest absolute Gasteiger partial charge is 0.481 e. The molecule has 6 atom stereocenters. The Morgan fingerprint density at radius 2 is 1.08 bits per heavy atom. The lowest BCUT2D eigenvalue weighted by Gasteiger charge is -2.28. The number of pyridine rings is 2. The van der Waals surface area contributed by atoms with E-state index in [1.807, 2.05) is 84.0 Å². The maximum absolute atomic E-state index is 13.2. The topological polar surface area (TPSA) is 324 Å². The highest BCUT2D eigenvalue weighted by Gasteiger charge is 2.35. The molecule has 0 unspecified atom stereocenters. The van der Waals surface area contributed by atoms with Crippen molar-refractivity contribution in [2.24, 2.45) is 22.7 Å². The zero-order valence-electron chi connectivity index (χ0n) is 50.7. The molecule has 2 saturated heterocycles. The number of methoxy groups -OCH3 is 2. The predicted octanol–water partition coefficient (Wildman–Crippen LogP) is 8.48. The van der Waals surface area contributed by atoms with Crippen LogP contribution in [-0.2, 0) is 23.9 Å². The summed E-state index contributed by atoms with van der Waals surface area (Å²) in [6, 6.07) is 23.9. The van der Waals surface area contributed by atoms with Gasteiger partial charge in [-0.15, -0.1) is 12.4 Å². The quantitative estimate of drug-likeness (QED) is 0.0374. The standard InChI is InChI=1S/C30H36N4O4.C24H32N6O4.C10H10N2O2.ClH/c1-30(2,3)16-26(28(36)33-20(17-31)15-19-9-8-14-32-27(19)35)34-29(37)38-18-25-23-12-6-4-10-21(23)22-11-5-7-13-24(22)25;1-24(2,3)12-19(22(33)28-15(13-25)10-14-6-5-8-26-20(14)31)30-21(32)18-11-16-17(29-18)7-9-27-23(16)34-4;1-6(13)9-5-7-8(12-9)3-4-11-10(7)14-2;/h4-7,10-13,19-20,25-26H,8-9,14-16,18H2,1-3H3,(H,32,35)(H,33,36)(H,34,37);7,9,11,14-15,19,29H,5-6,8,10,12H2,1-4H3,(H,26,31)(H,28,33)(H,30,32);3-5,12H,1-2H3;1H/t19-,20-,26-;14-,15-,19-;;/m00../s1. The summed E-state index contributed by atoms with van der Waals surface area (Å²) in [6.07, 6.45) is 6.77. The number of benzene rings is 2. The van der Waals surface area contributed by atoms with Gasteiger partial charge in [-0.25, -0.2) is 14.8 Å². The molecule has 9 rings (SSSR count). The van der Waals surface area contributed by atoms with Gasteiger partial charge in [0.15, 0.2) is 5.78 Å². The molecule has 87 heavy (non-hydrogen) atoms. The number of halogens is 1. The van der Waals surface area contributed by atoms with Crippen LogP contribution in [0, 0.1) is 45.3 Å². The highest BCUT2D eigenvalue weighted by molar-refractivity contribution is 6.01. The Morgan fingerprint density at radius 1 is 0.644 bits per heavy atom. The van der Waals surface area contributed by atoms with Crippen LogP contribution >= 0.6 is 12.4 Å². The summed E-state index contributed by atoms with van der Waals surface area (Å²) < 4.78 is 16.0. The molecule has 6 aromatic rings. The second kappa shape index (κ2) is 30.4. The average Bonchev–Trinajstić information content (AvgIpc) is 1.78. The molecule has 4 aromatic heterocycles. The minimum atomic E-state index is -0.887. The number of aromatic nitrogens is 4. The molecule has 462 valence electrons. The van der Waals surface area contributed by atoms with Gasteiger partial charge in [0.25, 0.3) is 5.91 Å². The summed E-state index contributed by atoms with van der Waals surface area (Å²) in [5.41, 5.74) is 6.33. The molecule has 22 nitrogen and oxygen atoms in total. The van der Waals surface area contributed by atoms with Gasteiger partial charge in [-0.1, -0.05) is 90.1 Å². The Kier molecular flexibility index (Phi) is 23.4. The molecule has 2 aromatic carbocycles. The summed E-state index contributed by atoms with van der Waals surface area (Å²) in [5, 5.41) is 37.3. The average molecular weight is 1210 g/mol. The number of carbonyl (C=O) groups is 7. The van der Waals surface area contributed by atoms with Crippen LogP contribution in [0.5, 0.6) is 11.8 Å². The van der Waals surface area contributed by atoms with Crippen LogP contribution in [0.25, 0.3) is 32.9 Å². The second-order valence-electron chi connectivity index (χ2n) is 24.2. The number of Topliss-reactive ketones (excluding diaryl/α,β-unsaturated/α-hetero) is 1. The van der Waals surface area contributed by atoms with Gasteiger partial charge in [0.05, 0.1) is 53.9 Å². The van der Waals surface area contributed by atoms with Crippen molar-refractivity contribution < 1.29 is 47.8 Å². The summed E-state index contributed by atoms with van der Waals surface area (Å²) in [5.74, 6) is -1.35. The van der Waals surface area contributed by atoms with E-state index in [4.69, 9.17) is 14.2 Å². The lowest BCUT2D eigenvalue weighted by Crippen LogP contribution is -2.51. The van der Waals surface area contributed by atoms with Gasteiger partial charge >= 0.3 is 6.09 Å². The number of rotatable bonds is 18. The summed E-state index contributed by atoms with van der Waals surface area (Å²) in [4.78, 5) is 102. The first kappa shape index (κ1) is 67.1. The number of amides is 6. The number of fused-ring (bicyclic) bond motifs is 5. The van der Waals surface area contributed by atoms with E-state index in [1.54, 1.807) is 37.7 Å². The van der Waals surface area contributed by atoms with E-state index in [-0.39, 0.29) is 83.7 Å². The summed E-state index contributed by atoms with van der Waals surface area (Å²) in [6.45, 7) is 14.7. The molecular formula is C64H79ClN12O10. The van der Waals surface area contributed by atoms with Crippen molar-refractivity contribution in [3.05, 3.63) is 108 Å². The van der Waals surface area contributed by atoms with E-state index >= 15 is 0 Å². The molecule has 1 aliphatic carbocycles. The number of ether oxygens (including phenoxy) is 3. The maximum Gasteiger partial charge on any atom is 0.407 e. The molecule has 8 N–H and O–H groups in total. The van der Waals surface area contributed by atoms with Gasteiger partial charge in [-0.05, 0) is 109 Å². The first-order chi connectivity index (χ1) is 41.0. The Hall–Kier alpha value is -9.02. The number of hydrogen-bond acceptors (Lipinski definition) is 14. The monoisotopic (exact) mass is 1210 g/mol. The third-order valence-electron chi connectivity index (χ3n) is 15.0. The minimum Gasteiger partial charge on any atom is -0.481 e. The second-order valence-corrected chi connectivity index (χ2v) is 24.2. The maximum atomic E-state index is 13.2. The summed E-state index contributed by atoms with van der Waals surface area (Å²) >= 11 is 0. The minimum absolute atomic E-state index is 0. The Bertz CT molecular complexity index is 3470. The zero-order valence-corrected chi connectivity index (χ0v) is 51.5. The number of aromatic amines is 2. The van der Waals surface area contributed by atoms with Crippen LogP contribution in [-0.4, -0.2) is 119 Å². The van der Waals surface area contributed by atoms with E-state index in [0.29, 0.717) is 67.1 Å². The number of H-pyrrole nitrogens is 2. The van der Waals surface area contributed by atoms with E-state index in [2.05, 4.69) is 76.1 Å². The summed E-state index contributed by atoms with van der Waals surface area (Å²) in [7, 11) is 3.06. The molecule has 0 spiro atoms. The zero-order chi connectivity index (χ0) is 62.3. The highest BCUT2D eigenvalue weighted by atomic mass is 35.5. The number of nitrogens with zero attached hydrogens (tertiary/aromatic N) is 4. The van der Waals surface area contributed by atoms with E-state index in [0.717, 1.165) is 46.0 Å². The Balaban J connectivity index is 0.000000226. The molecule has 6 amide bonds. The first-order valence-electron chi connectivity index (χ1n) is 28.9. The highest BCUT2D eigenvalue weighted by Crippen LogP contribution is 2.44. The predicted molar refractivity (Wildman–Crippen MR) is 330 cm³/mol. The first-order valence-corrected chi connectivity index (χ1v) is 28.9. The van der Waals surface area contributed by atoms with Crippen LogP contribution in [0.1, 0.15) is 138 Å². The normalized spacial score (nSPS) is 16.6. The van der Waals surface area contributed by atoms with Gasteiger partial charge in [-0.3, -0.25) is 28.8 Å². The van der Waals surface area contributed by atoms with Gasteiger partial charge in [0.2, 0.25) is 35.4 Å². The van der Waals surface area contributed by atoms with Crippen molar-refractivity contribution in [2.75, 3.05) is 33.9 Å². The number of carbonyl (C=O) groups excluding carboxylic acids is 7. The van der Waals surface area contributed by atoms with Crippen molar-refractivity contribution in [3.8, 4) is 35.0 Å². The lowest BCUT2D eigenvalue weighted by atomic mass is 9.87. The fraction of sp³-hybridized carbons (Fsp3) is 0.453. The molecule has 0 radical (unpaired) electrons. The van der Waals surface area contributed by atoms with Crippen molar-refractivity contribution >= 4 is 75.6 Å². The van der Waals surface area contributed by atoms with Crippen molar-refractivity contribution in [1.29, 1.82) is 10.5 Å². The van der Waals surface area contributed by atoms with Crippen molar-refractivity contribution in [3.63, 3.8) is 0 Å². The third kappa shape index (κ3) is 18.3. The Labute approximate surface area is 512 Å². The number of piperidine rings is 2. The third-order valence-corrected chi connectivity index (χ3v) is 15.0. The number of alkyl carbamates (subject to hydrolysis) is 1. The van der Waals surface area contributed by atoms with Crippen LogP contribution in [0.15, 0.2) is 85.2 Å². The van der Waals surface area contributed by atoms with Crippen molar-refractivity contribution in [2.45, 2.75) is 130 Å². The molecule has 2 aliphatic heterocycles. The Morgan fingerprint density at radius 3 is 1.51 bits per heavy atom. The molecular weight excluding hydrogens is 1130 g/mol. The molecule has 23 heteroatoms. The van der Waals surface area contributed by atoms with Gasteiger partial charge in [0, 0.05) is 50.2 Å². The lowest BCUT2D eigenvalue weighted by molar-refractivity contribution is -0.128. The fourth-order valence-electron chi connectivity index (χ4n) is 10.9. The number of ketones is 1. The SMILES string of the molecule is CC(C)(C)C[C@H](NC(=O)OCC1c2ccccc2-c2ccccc21)C(=O)N[C@H](C#N)C[C@@H]1CCCNC1=O.COc1nccc2[nH]c(C(=O)N[C@@H](CC(C)(C)C)C(=O)N[C@H](C#N)C[C@@H]3CCCNC3=O)cc12.COc1nccc2[nH]c(C(C)=O)cc12.Cl. The van der Waals surface area contributed by atoms with E-state index in [9.17, 15) is 44.1 Å². The van der Waals surface area contributed by atoms with E-state index < -0.39 is 48.0 Å². The number of nitrogens with one attached hydrogen (secondary N) is 8. The fourth-order valence-corrected chi connectivity index (χ4v) is 10.9. The smallest absolute Gasteiger partial charge is 0.407 e. The van der Waals surface area contributed by atoms with Crippen LogP contribution in [0.2, 0.25) is 0 Å². The van der Waals surface area contributed by atoms with E-state index in [1.165, 1.54) is 14.0 Å². The molecule has 6 heterocycles. The van der Waals surface area contributed by atoms with Gasteiger partial charge in [0.1, 0.15) is 36.5 Å². The van der Waals surface area contributed by atoms with Crippen LogP contribution in [0.4, 0.5) is 4.79 Å². The molecule has 0 bridgehead atoms. The van der Waals surface area contributed by atoms with Gasteiger partial charge in [-0.2, -0.15) is 10.5 Å². The molecule has 2 fully saturated rings.